The number of hydrogen-bond acceptors (Lipinski definition) is 2. The SMILES string of the molecule is [2H]n1c(=O)n(C)c2cc(CCCCCN)ccc21. The van der Waals surface area contributed by atoms with E-state index in [1.54, 1.807) is 7.05 Å². The lowest BCUT2D eigenvalue weighted by Crippen LogP contribution is -2.11. The quantitative estimate of drug-likeness (QED) is 0.771. The van der Waals surface area contributed by atoms with Gasteiger partial charge in [0.1, 0.15) is 0 Å². The third-order valence-corrected chi connectivity index (χ3v) is 3.07. The number of H-pyrrole nitrogens is 1. The number of benzene rings is 1. The van der Waals surface area contributed by atoms with Gasteiger partial charge in [0.15, 0.2) is 1.41 Å². The molecule has 0 saturated carbocycles. The standard InChI is InChI=1S/C13H19N3O/c1-16-12-9-10(5-3-2-4-8-14)6-7-11(12)15-13(16)17/h6-7,9H,2-5,8,14H2,1H3,(H,15,17)/i/hD. The van der Waals surface area contributed by atoms with Crippen LogP contribution in [0.3, 0.4) is 0 Å². The van der Waals surface area contributed by atoms with Crippen LogP contribution in [0.5, 0.6) is 0 Å². The van der Waals surface area contributed by atoms with Gasteiger partial charge in [-0.3, -0.25) is 4.57 Å². The Balaban J connectivity index is 2.22. The van der Waals surface area contributed by atoms with Gasteiger partial charge in [-0.2, -0.15) is 0 Å². The van der Waals surface area contributed by atoms with E-state index in [1.807, 2.05) is 18.2 Å². The van der Waals surface area contributed by atoms with Crippen LogP contribution >= 0.6 is 0 Å². The number of hydrogen-bond donors (Lipinski definition) is 2. The molecular formula is C13H19N3O. The number of imidazole rings is 1. The van der Waals surface area contributed by atoms with E-state index in [-0.39, 0.29) is 5.69 Å². The number of fused-ring (bicyclic) bond motifs is 1. The summed E-state index contributed by atoms with van der Waals surface area (Å²) in [7, 11) is 1.70. The number of nitrogens with two attached hydrogens (primary N) is 1. The lowest BCUT2D eigenvalue weighted by atomic mass is 10.1. The Hall–Kier alpha value is -1.55. The second-order valence-electron chi connectivity index (χ2n) is 4.38. The van der Waals surface area contributed by atoms with Crippen molar-refractivity contribution in [2.45, 2.75) is 25.7 Å². The number of aromatic nitrogens is 2. The van der Waals surface area contributed by atoms with E-state index in [1.165, 1.54) is 10.1 Å². The maximum atomic E-state index is 11.6. The van der Waals surface area contributed by atoms with Gasteiger partial charge in [0.2, 0.25) is 0 Å². The van der Waals surface area contributed by atoms with Crippen LogP contribution in [0.15, 0.2) is 23.0 Å². The molecule has 4 heteroatoms. The molecule has 0 radical (unpaired) electrons. The molecule has 0 spiro atoms. The second kappa shape index (κ2) is 5.19. The Morgan fingerprint density at radius 2 is 2.24 bits per heavy atom. The normalized spacial score (nSPS) is 12.0. The van der Waals surface area contributed by atoms with E-state index in [0.717, 1.165) is 42.7 Å². The van der Waals surface area contributed by atoms with E-state index < -0.39 is 0 Å². The molecule has 0 unspecified atom stereocenters. The average Bonchev–Trinajstić information content (AvgIpc) is 2.60. The van der Waals surface area contributed by atoms with Crippen molar-refractivity contribution in [1.82, 2.24) is 9.54 Å². The minimum Gasteiger partial charge on any atom is -0.330 e. The third-order valence-electron chi connectivity index (χ3n) is 3.07. The molecule has 0 bridgehead atoms. The molecule has 1 aromatic carbocycles. The Labute approximate surface area is 102 Å². The third kappa shape index (κ3) is 2.58. The fraction of sp³-hybridized carbons (Fsp3) is 0.462. The zero-order valence-corrected chi connectivity index (χ0v) is 10.1. The molecule has 2 rings (SSSR count). The van der Waals surface area contributed by atoms with E-state index in [9.17, 15) is 4.79 Å². The second-order valence-corrected chi connectivity index (χ2v) is 4.38. The maximum absolute atomic E-state index is 11.6. The molecular weight excluding hydrogens is 214 g/mol. The predicted octanol–water partition coefficient (Wildman–Crippen LogP) is 1.54. The van der Waals surface area contributed by atoms with Crippen molar-refractivity contribution in [1.29, 1.82) is 0 Å². The summed E-state index contributed by atoms with van der Waals surface area (Å²) in [5, 5.41) is 0. The molecule has 1 aromatic heterocycles. The smallest absolute Gasteiger partial charge is 0.326 e. The van der Waals surface area contributed by atoms with Crippen molar-refractivity contribution in [2.24, 2.45) is 12.8 Å². The van der Waals surface area contributed by atoms with Crippen LogP contribution in [-0.2, 0) is 13.5 Å². The number of rotatable bonds is 5. The van der Waals surface area contributed by atoms with Crippen molar-refractivity contribution in [3.05, 3.63) is 34.2 Å². The van der Waals surface area contributed by atoms with Crippen LogP contribution in [-0.4, -0.2) is 16.1 Å². The van der Waals surface area contributed by atoms with Gasteiger partial charge in [0, 0.05) is 7.05 Å². The highest BCUT2D eigenvalue weighted by Crippen LogP contribution is 2.14. The fourth-order valence-corrected chi connectivity index (χ4v) is 2.02. The highest BCUT2D eigenvalue weighted by Gasteiger charge is 2.03. The fourth-order valence-electron chi connectivity index (χ4n) is 2.02. The van der Waals surface area contributed by atoms with Crippen molar-refractivity contribution < 1.29 is 1.41 Å². The summed E-state index contributed by atoms with van der Waals surface area (Å²) in [6.07, 6.45) is 4.29. The Morgan fingerprint density at radius 3 is 3.00 bits per heavy atom. The van der Waals surface area contributed by atoms with Gasteiger partial charge >= 0.3 is 5.69 Å². The topological polar surface area (TPSA) is 63.8 Å². The summed E-state index contributed by atoms with van der Waals surface area (Å²) in [6, 6.07) is 5.85. The summed E-state index contributed by atoms with van der Waals surface area (Å²) in [6.45, 7) is 0.745. The monoisotopic (exact) mass is 234 g/mol. The molecule has 0 saturated heterocycles. The molecule has 1 heterocycles. The van der Waals surface area contributed by atoms with Crippen LogP contribution in [0, 0.1) is 0 Å². The largest absolute Gasteiger partial charge is 0.330 e. The highest BCUT2D eigenvalue weighted by atomic mass is 16.1. The molecule has 3 N–H and O–H groups in total. The highest BCUT2D eigenvalue weighted by molar-refractivity contribution is 5.75. The summed E-state index contributed by atoms with van der Waals surface area (Å²) in [4.78, 5) is 12.6. The number of nitrogens with one attached hydrogen (secondary N) is 1. The number of aryl methyl sites for hydroxylation is 2. The first-order chi connectivity index (χ1) is 8.65. The van der Waals surface area contributed by atoms with Gasteiger partial charge in [-0.1, -0.05) is 12.5 Å². The zero-order valence-electron chi connectivity index (χ0n) is 11.1. The van der Waals surface area contributed by atoms with Gasteiger partial charge in [-0.05, 0) is 43.5 Å². The van der Waals surface area contributed by atoms with E-state index in [2.05, 4.69) is 0 Å². The van der Waals surface area contributed by atoms with Gasteiger partial charge in [0.25, 0.3) is 0 Å². The summed E-state index contributed by atoms with van der Waals surface area (Å²) in [5.41, 5.74) is 7.85. The van der Waals surface area contributed by atoms with Crippen molar-refractivity contribution in [2.75, 3.05) is 6.54 Å². The van der Waals surface area contributed by atoms with Gasteiger partial charge in [-0.25, -0.2) is 4.79 Å². The molecule has 0 aliphatic heterocycles. The van der Waals surface area contributed by atoms with E-state index in [0.29, 0.717) is 5.52 Å². The lowest BCUT2D eigenvalue weighted by molar-refractivity contribution is 0.687. The number of unbranched alkanes of at least 4 members (excludes halogenated alkanes) is 2. The Bertz CT molecular complexity index is 600. The number of aromatic amines is 1. The van der Waals surface area contributed by atoms with Gasteiger partial charge in [0.05, 0.1) is 11.0 Å². The van der Waals surface area contributed by atoms with Crippen molar-refractivity contribution in [3.8, 4) is 0 Å². The predicted molar refractivity (Wildman–Crippen MR) is 70.1 cm³/mol. The minimum atomic E-state index is -0.301. The number of nitrogens with zero attached hydrogens (tertiary/aromatic N) is 1. The van der Waals surface area contributed by atoms with Crippen LogP contribution in [0.1, 0.15) is 24.8 Å². The maximum Gasteiger partial charge on any atom is 0.326 e. The first-order valence-electron chi connectivity index (χ1n) is 6.49. The van der Waals surface area contributed by atoms with Crippen molar-refractivity contribution >= 4 is 11.0 Å². The summed E-state index contributed by atoms with van der Waals surface area (Å²) >= 11 is 0. The molecule has 4 nitrogen and oxygen atoms in total. The van der Waals surface area contributed by atoms with Crippen LogP contribution < -0.4 is 11.4 Å². The average molecular weight is 234 g/mol. The molecule has 0 aliphatic carbocycles. The molecule has 0 aliphatic rings. The van der Waals surface area contributed by atoms with Crippen LogP contribution in [0.4, 0.5) is 0 Å². The van der Waals surface area contributed by atoms with E-state index >= 15 is 0 Å². The Morgan fingerprint density at radius 1 is 1.41 bits per heavy atom. The van der Waals surface area contributed by atoms with Crippen LogP contribution in [0.2, 0.25) is 1.41 Å². The van der Waals surface area contributed by atoms with Crippen molar-refractivity contribution in [3.63, 3.8) is 0 Å². The molecule has 17 heavy (non-hydrogen) atoms. The molecule has 92 valence electrons. The summed E-state index contributed by atoms with van der Waals surface area (Å²) < 4.78 is 9.16. The van der Waals surface area contributed by atoms with Gasteiger partial charge in [-0.15, -0.1) is 0 Å². The minimum absolute atomic E-state index is 0.301. The molecule has 0 amide bonds. The molecule has 0 fully saturated rings. The Kier molecular flexibility index (Phi) is 3.23. The first-order valence-corrected chi connectivity index (χ1v) is 6.05. The first kappa shape index (κ1) is 10.6. The van der Waals surface area contributed by atoms with E-state index in [4.69, 9.17) is 7.15 Å². The summed E-state index contributed by atoms with van der Waals surface area (Å²) in [5.74, 6) is 0. The van der Waals surface area contributed by atoms with Gasteiger partial charge < -0.3 is 10.7 Å². The molecule has 0 atom stereocenters. The molecule has 2 aromatic rings. The zero-order chi connectivity index (χ0) is 13.1. The lowest BCUT2D eigenvalue weighted by Gasteiger charge is -2.02. The van der Waals surface area contributed by atoms with Crippen LogP contribution in [0.25, 0.3) is 11.0 Å².